The molecule has 0 aliphatic carbocycles. The topological polar surface area (TPSA) is 63.9 Å². The molecular weight excluding hydrogens is 338 g/mol. The summed E-state index contributed by atoms with van der Waals surface area (Å²) in [7, 11) is 0. The van der Waals surface area contributed by atoms with Gasteiger partial charge in [0.25, 0.3) is 5.91 Å². The van der Waals surface area contributed by atoms with Gasteiger partial charge in [-0.1, -0.05) is 37.3 Å². The lowest BCUT2D eigenvalue weighted by Gasteiger charge is -2.31. The summed E-state index contributed by atoms with van der Waals surface area (Å²) < 4.78 is 1.63. The molecule has 3 aromatic rings. The monoisotopic (exact) mass is 361 g/mol. The van der Waals surface area contributed by atoms with Crippen LogP contribution in [0.3, 0.4) is 0 Å². The van der Waals surface area contributed by atoms with Crippen LogP contribution in [0.15, 0.2) is 61.2 Å². The molecule has 6 heteroatoms. The number of hydrogen-bond donors (Lipinski definition) is 0. The molecule has 1 amide bonds. The molecule has 2 atom stereocenters. The third-order valence-corrected chi connectivity index (χ3v) is 5.29. The van der Waals surface area contributed by atoms with Crippen LogP contribution in [0.1, 0.15) is 48.2 Å². The van der Waals surface area contributed by atoms with Crippen LogP contribution in [0.25, 0.3) is 5.82 Å². The van der Waals surface area contributed by atoms with Crippen molar-refractivity contribution in [2.45, 2.75) is 38.1 Å². The number of hydrogen-bond acceptors (Lipinski definition) is 4. The Balaban J connectivity index is 1.55. The van der Waals surface area contributed by atoms with E-state index in [2.05, 4.69) is 46.3 Å². The highest BCUT2D eigenvalue weighted by molar-refractivity contribution is 5.92. The first-order valence-corrected chi connectivity index (χ1v) is 9.46. The molecule has 0 N–H and O–H groups in total. The van der Waals surface area contributed by atoms with E-state index >= 15 is 0 Å². The summed E-state index contributed by atoms with van der Waals surface area (Å²) in [5, 5.41) is 4.14. The summed E-state index contributed by atoms with van der Waals surface area (Å²) in [6.45, 7) is 2.97. The van der Waals surface area contributed by atoms with Gasteiger partial charge in [-0.25, -0.2) is 14.6 Å². The molecule has 0 saturated carbocycles. The van der Waals surface area contributed by atoms with Gasteiger partial charge < -0.3 is 4.90 Å². The van der Waals surface area contributed by atoms with E-state index in [1.807, 2.05) is 17.0 Å². The number of aromatic nitrogens is 4. The number of amides is 1. The second-order valence-corrected chi connectivity index (χ2v) is 6.84. The van der Waals surface area contributed by atoms with Crippen molar-refractivity contribution < 1.29 is 4.79 Å². The van der Waals surface area contributed by atoms with Crippen LogP contribution in [0, 0.1) is 0 Å². The minimum absolute atomic E-state index is 0.0357. The lowest BCUT2D eigenvalue weighted by atomic mass is 9.87. The minimum Gasteiger partial charge on any atom is -0.334 e. The fourth-order valence-electron chi connectivity index (χ4n) is 3.99. The fourth-order valence-corrected chi connectivity index (χ4v) is 3.99. The smallest absolute Gasteiger partial charge is 0.274 e. The molecule has 0 bridgehead atoms. The van der Waals surface area contributed by atoms with Crippen molar-refractivity contribution in [2.24, 2.45) is 0 Å². The van der Waals surface area contributed by atoms with Gasteiger partial charge in [0.2, 0.25) is 0 Å². The average molecular weight is 361 g/mol. The molecule has 1 aromatic carbocycles. The lowest BCUT2D eigenvalue weighted by Crippen LogP contribution is -2.39. The number of carbonyl (C=O) groups is 1. The second-order valence-electron chi connectivity index (χ2n) is 6.84. The van der Waals surface area contributed by atoms with Gasteiger partial charge in [-0.2, -0.15) is 5.10 Å². The van der Waals surface area contributed by atoms with Crippen LogP contribution < -0.4 is 0 Å². The molecule has 1 saturated heterocycles. The van der Waals surface area contributed by atoms with E-state index in [0.29, 0.717) is 17.4 Å². The maximum absolute atomic E-state index is 13.1. The van der Waals surface area contributed by atoms with E-state index in [1.165, 1.54) is 5.56 Å². The molecule has 0 radical (unpaired) electrons. The third-order valence-electron chi connectivity index (χ3n) is 5.29. The van der Waals surface area contributed by atoms with Crippen LogP contribution in [-0.4, -0.2) is 43.1 Å². The molecular formula is C21H23N5O. The van der Waals surface area contributed by atoms with Crippen LogP contribution in [0.2, 0.25) is 0 Å². The van der Waals surface area contributed by atoms with Crippen molar-refractivity contribution in [3.63, 3.8) is 0 Å². The Hall–Kier alpha value is -3.02. The van der Waals surface area contributed by atoms with Crippen molar-refractivity contribution in [1.82, 2.24) is 24.6 Å². The van der Waals surface area contributed by atoms with Crippen LogP contribution in [0.4, 0.5) is 0 Å². The first-order chi connectivity index (χ1) is 13.3. The van der Waals surface area contributed by atoms with Crippen LogP contribution >= 0.6 is 0 Å². The zero-order valence-electron chi connectivity index (χ0n) is 15.4. The summed E-state index contributed by atoms with van der Waals surface area (Å²) in [4.78, 5) is 23.8. The number of rotatable bonds is 5. The molecule has 1 aliphatic rings. The summed E-state index contributed by atoms with van der Waals surface area (Å²) >= 11 is 0. The van der Waals surface area contributed by atoms with Gasteiger partial charge in [0, 0.05) is 30.9 Å². The maximum Gasteiger partial charge on any atom is 0.274 e. The molecule has 0 spiro atoms. The van der Waals surface area contributed by atoms with E-state index in [-0.39, 0.29) is 11.9 Å². The highest BCUT2D eigenvalue weighted by Gasteiger charge is 2.35. The lowest BCUT2D eigenvalue weighted by molar-refractivity contribution is 0.0708. The quantitative estimate of drug-likeness (QED) is 0.698. The Bertz CT molecular complexity index is 877. The first kappa shape index (κ1) is 17.4. The molecule has 1 aliphatic heterocycles. The van der Waals surface area contributed by atoms with Gasteiger partial charge in [-0.05, 0) is 30.9 Å². The molecule has 0 unspecified atom stereocenters. The van der Waals surface area contributed by atoms with E-state index in [4.69, 9.17) is 0 Å². The SMILES string of the molecule is CC[C@@H](c1ccccc1)[C@@H]1CCCN1C(=O)c1cnc(-n2cccn2)cn1. The normalized spacial score (nSPS) is 17.8. The summed E-state index contributed by atoms with van der Waals surface area (Å²) in [5.41, 5.74) is 1.69. The van der Waals surface area contributed by atoms with Crippen molar-refractivity contribution in [1.29, 1.82) is 0 Å². The highest BCUT2D eigenvalue weighted by atomic mass is 16.2. The van der Waals surface area contributed by atoms with Crippen molar-refractivity contribution in [3.8, 4) is 5.82 Å². The summed E-state index contributed by atoms with van der Waals surface area (Å²) in [6.07, 6.45) is 9.69. The molecule has 27 heavy (non-hydrogen) atoms. The van der Waals surface area contributed by atoms with Crippen molar-refractivity contribution in [2.75, 3.05) is 6.54 Å². The molecule has 3 heterocycles. The maximum atomic E-state index is 13.1. The average Bonchev–Trinajstić information content (AvgIpc) is 3.42. The van der Waals surface area contributed by atoms with Gasteiger partial charge in [0.15, 0.2) is 5.82 Å². The number of nitrogens with zero attached hydrogens (tertiary/aromatic N) is 5. The van der Waals surface area contributed by atoms with Crippen molar-refractivity contribution in [3.05, 3.63) is 72.4 Å². The number of carbonyl (C=O) groups excluding carboxylic acids is 1. The highest BCUT2D eigenvalue weighted by Crippen LogP contribution is 2.34. The van der Waals surface area contributed by atoms with Gasteiger partial charge in [0.1, 0.15) is 5.69 Å². The molecule has 6 nitrogen and oxygen atoms in total. The Labute approximate surface area is 158 Å². The molecule has 4 rings (SSSR count). The van der Waals surface area contributed by atoms with E-state index < -0.39 is 0 Å². The van der Waals surface area contributed by atoms with Crippen LogP contribution in [-0.2, 0) is 0 Å². The molecule has 2 aromatic heterocycles. The van der Waals surface area contributed by atoms with Gasteiger partial charge in [0.05, 0.1) is 12.4 Å². The summed E-state index contributed by atoms with van der Waals surface area (Å²) in [5.74, 6) is 0.908. The standard InChI is InChI=1S/C21H23N5O/c1-2-17(16-8-4-3-5-9-16)19-10-6-12-25(19)21(27)18-14-23-20(15-22-18)26-13-7-11-24-26/h3-5,7-9,11,13-15,17,19H,2,6,10,12H2,1H3/t17-,19-/m0/s1. The Morgan fingerprint density at radius 1 is 1.19 bits per heavy atom. The van der Waals surface area contributed by atoms with E-state index in [0.717, 1.165) is 25.8 Å². The van der Waals surface area contributed by atoms with Gasteiger partial charge in [-0.15, -0.1) is 0 Å². The van der Waals surface area contributed by atoms with Gasteiger partial charge >= 0.3 is 0 Å². The minimum atomic E-state index is -0.0357. The Morgan fingerprint density at radius 2 is 2.04 bits per heavy atom. The van der Waals surface area contributed by atoms with E-state index in [9.17, 15) is 4.79 Å². The second kappa shape index (κ2) is 7.70. The third kappa shape index (κ3) is 3.47. The predicted octanol–water partition coefficient (Wildman–Crippen LogP) is 3.46. The molecule has 1 fully saturated rings. The zero-order chi connectivity index (χ0) is 18.6. The molecule has 138 valence electrons. The Morgan fingerprint density at radius 3 is 2.70 bits per heavy atom. The van der Waals surface area contributed by atoms with Crippen molar-refractivity contribution >= 4 is 5.91 Å². The number of likely N-dealkylation sites (tertiary alicyclic amines) is 1. The zero-order valence-corrected chi connectivity index (χ0v) is 15.4. The van der Waals surface area contributed by atoms with Gasteiger partial charge in [-0.3, -0.25) is 4.79 Å². The predicted molar refractivity (Wildman–Crippen MR) is 103 cm³/mol. The van der Waals surface area contributed by atoms with E-state index in [1.54, 1.807) is 29.5 Å². The largest absolute Gasteiger partial charge is 0.334 e. The summed E-state index contributed by atoms with van der Waals surface area (Å²) in [6, 6.07) is 12.5. The van der Waals surface area contributed by atoms with Crippen LogP contribution in [0.5, 0.6) is 0 Å². The Kier molecular flexibility index (Phi) is 4.96. The first-order valence-electron chi connectivity index (χ1n) is 9.46. The fraction of sp³-hybridized carbons (Fsp3) is 0.333. The number of benzene rings is 1.